The molecule has 21 heavy (non-hydrogen) atoms. The number of rotatable bonds is 6. The van der Waals surface area contributed by atoms with E-state index in [1.54, 1.807) is 17.4 Å². The molecule has 1 amide bonds. The van der Waals surface area contributed by atoms with Crippen molar-refractivity contribution in [3.05, 3.63) is 50.9 Å². The summed E-state index contributed by atoms with van der Waals surface area (Å²) in [4.78, 5) is 19.9. The van der Waals surface area contributed by atoms with E-state index in [9.17, 15) is 4.79 Å². The first kappa shape index (κ1) is 16.0. The van der Waals surface area contributed by atoms with E-state index in [1.807, 2.05) is 35.4 Å². The second kappa shape index (κ2) is 7.57. The predicted octanol–water partition coefficient (Wildman–Crippen LogP) is 4.41. The Kier molecular flexibility index (Phi) is 5.76. The number of nitrogens with zero attached hydrogens (tertiary/aromatic N) is 2. The van der Waals surface area contributed by atoms with Crippen LogP contribution >= 0.6 is 22.9 Å². The Morgan fingerprint density at radius 1 is 1.38 bits per heavy atom. The van der Waals surface area contributed by atoms with Crippen LogP contribution in [0, 0.1) is 0 Å². The van der Waals surface area contributed by atoms with Gasteiger partial charge in [0.05, 0.1) is 6.54 Å². The molecule has 0 aliphatic heterocycles. The Bertz CT molecular complexity index is 598. The summed E-state index contributed by atoms with van der Waals surface area (Å²) in [6, 6.07) is 7.55. The van der Waals surface area contributed by atoms with Crippen LogP contribution in [0.1, 0.15) is 41.2 Å². The van der Waals surface area contributed by atoms with Gasteiger partial charge in [-0.1, -0.05) is 31.0 Å². The zero-order valence-electron chi connectivity index (χ0n) is 12.3. The molecule has 0 spiro atoms. The highest BCUT2D eigenvalue weighted by molar-refractivity contribution is 7.09. The zero-order chi connectivity index (χ0) is 15.2. The van der Waals surface area contributed by atoms with Crippen molar-refractivity contribution in [1.29, 1.82) is 0 Å². The van der Waals surface area contributed by atoms with Gasteiger partial charge in [0.15, 0.2) is 0 Å². The Hall–Kier alpha value is -1.39. The van der Waals surface area contributed by atoms with E-state index in [-0.39, 0.29) is 5.91 Å². The third-order valence-electron chi connectivity index (χ3n) is 3.20. The Morgan fingerprint density at radius 2 is 2.19 bits per heavy atom. The number of hydrogen-bond acceptors (Lipinski definition) is 3. The smallest absolute Gasteiger partial charge is 0.254 e. The number of aryl methyl sites for hydroxylation is 1. The average molecular weight is 323 g/mol. The summed E-state index contributed by atoms with van der Waals surface area (Å²) < 4.78 is 0. The van der Waals surface area contributed by atoms with E-state index in [0.29, 0.717) is 23.8 Å². The molecule has 112 valence electrons. The molecule has 2 rings (SSSR count). The number of amides is 1. The summed E-state index contributed by atoms with van der Waals surface area (Å²) in [5, 5.41) is 2.41. The molecule has 0 atom stereocenters. The van der Waals surface area contributed by atoms with Crippen LogP contribution < -0.4 is 0 Å². The maximum absolute atomic E-state index is 12.7. The molecule has 0 bridgehead atoms. The van der Waals surface area contributed by atoms with E-state index in [1.165, 1.54) is 4.88 Å². The van der Waals surface area contributed by atoms with E-state index in [0.717, 1.165) is 18.5 Å². The van der Waals surface area contributed by atoms with Crippen molar-refractivity contribution in [1.82, 2.24) is 9.88 Å². The summed E-state index contributed by atoms with van der Waals surface area (Å²) in [5.41, 5.74) is 1.50. The van der Waals surface area contributed by atoms with Gasteiger partial charge < -0.3 is 4.90 Å². The number of hydrogen-bond donors (Lipinski definition) is 0. The number of thiophene rings is 1. The van der Waals surface area contributed by atoms with E-state index in [2.05, 4.69) is 11.9 Å². The monoisotopic (exact) mass is 322 g/mol. The van der Waals surface area contributed by atoms with E-state index >= 15 is 0 Å². The molecular formula is C16H19ClN2OS. The molecule has 0 radical (unpaired) electrons. The maximum atomic E-state index is 12.7. The molecular weight excluding hydrogens is 304 g/mol. The minimum absolute atomic E-state index is 0.00699. The minimum atomic E-state index is 0.00699. The van der Waals surface area contributed by atoms with Crippen molar-refractivity contribution in [3.63, 3.8) is 0 Å². The molecule has 0 saturated heterocycles. The normalized spacial score (nSPS) is 10.6. The minimum Gasteiger partial charge on any atom is -0.334 e. The topological polar surface area (TPSA) is 33.2 Å². The summed E-state index contributed by atoms with van der Waals surface area (Å²) in [6.45, 7) is 5.37. The largest absolute Gasteiger partial charge is 0.334 e. The molecule has 0 unspecified atom stereocenters. The lowest BCUT2D eigenvalue weighted by molar-refractivity contribution is 0.0754. The van der Waals surface area contributed by atoms with Crippen LogP contribution in [0.4, 0.5) is 0 Å². The second-order valence-corrected chi connectivity index (χ2v) is 6.24. The van der Waals surface area contributed by atoms with Crippen LogP contribution in [0.15, 0.2) is 29.6 Å². The lowest BCUT2D eigenvalue weighted by Crippen LogP contribution is -2.30. The van der Waals surface area contributed by atoms with Crippen molar-refractivity contribution >= 4 is 28.8 Å². The molecule has 2 aromatic rings. The summed E-state index contributed by atoms with van der Waals surface area (Å²) in [7, 11) is 0. The van der Waals surface area contributed by atoms with Crippen LogP contribution in [0.2, 0.25) is 5.15 Å². The molecule has 3 nitrogen and oxygen atoms in total. The fraction of sp³-hybridized carbons (Fsp3) is 0.375. The molecule has 2 aromatic heterocycles. The number of pyridine rings is 1. The second-order valence-electron chi connectivity index (χ2n) is 4.82. The first-order valence-electron chi connectivity index (χ1n) is 7.12. The van der Waals surface area contributed by atoms with Crippen molar-refractivity contribution in [2.75, 3.05) is 6.54 Å². The molecule has 0 aromatic carbocycles. The quantitative estimate of drug-likeness (QED) is 0.738. The summed E-state index contributed by atoms with van der Waals surface area (Å²) >= 11 is 7.70. The van der Waals surface area contributed by atoms with Gasteiger partial charge in [-0.05, 0) is 36.9 Å². The van der Waals surface area contributed by atoms with Crippen molar-refractivity contribution < 1.29 is 4.79 Å². The Labute approximate surface area is 134 Å². The van der Waals surface area contributed by atoms with Gasteiger partial charge in [0, 0.05) is 22.7 Å². The number of aromatic nitrogens is 1. The van der Waals surface area contributed by atoms with Crippen molar-refractivity contribution in [2.24, 2.45) is 0 Å². The maximum Gasteiger partial charge on any atom is 0.254 e. The fourth-order valence-corrected chi connectivity index (χ4v) is 3.10. The van der Waals surface area contributed by atoms with E-state index in [4.69, 9.17) is 11.6 Å². The van der Waals surface area contributed by atoms with Gasteiger partial charge in [-0.15, -0.1) is 11.3 Å². The molecule has 2 heterocycles. The first-order valence-corrected chi connectivity index (χ1v) is 8.38. The number of halogens is 1. The summed E-state index contributed by atoms with van der Waals surface area (Å²) in [6.07, 6.45) is 1.81. The molecule has 0 aliphatic carbocycles. The van der Waals surface area contributed by atoms with Gasteiger partial charge in [-0.3, -0.25) is 4.79 Å². The molecule has 5 heteroatoms. The van der Waals surface area contributed by atoms with Gasteiger partial charge in [0.2, 0.25) is 0 Å². The van der Waals surface area contributed by atoms with Crippen LogP contribution in [-0.4, -0.2) is 22.3 Å². The average Bonchev–Trinajstić information content (AvgIpc) is 2.96. The van der Waals surface area contributed by atoms with Gasteiger partial charge in [0.25, 0.3) is 5.91 Å². The Balaban J connectivity index is 2.20. The van der Waals surface area contributed by atoms with Crippen LogP contribution in [0.3, 0.4) is 0 Å². The standard InChI is InChI=1S/C16H19ClN2OS/c1-3-6-13-9-12(10-15(17)18-13)16(20)19(4-2)11-14-7-5-8-21-14/h5,7-10H,3-4,6,11H2,1-2H3. The van der Waals surface area contributed by atoms with Gasteiger partial charge in [-0.25, -0.2) is 4.98 Å². The van der Waals surface area contributed by atoms with Crippen LogP contribution in [-0.2, 0) is 13.0 Å². The number of carbonyl (C=O) groups is 1. The lowest BCUT2D eigenvalue weighted by Gasteiger charge is -2.20. The number of carbonyl (C=O) groups excluding carboxylic acids is 1. The lowest BCUT2D eigenvalue weighted by atomic mass is 10.1. The third-order valence-corrected chi connectivity index (χ3v) is 4.25. The highest BCUT2D eigenvalue weighted by atomic mass is 35.5. The molecule has 0 saturated carbocycles. The highest BCUT2D eigenvalue weighted by Crippen LogP contribution is 2.17. The zero-order valence-corrected chi connectivity index (χ0v) is 13.9. The third kappa shape index (κ3) is 4.29. The molecule has 0 aliphatic rings. The van der Waals surface area contributed by atoms with Gasteiger partial charge in [-0.2, -0.15) is 0 Å². The predicted molar refractivity (Wildman–Crippen MR) is 88.0 cm³/mol. The van der Waals surface area contributed by atoms with Crippen molar-refractivity contribution in [3.8, 4) is 0 Å². The molecule has 0 N–H and O–H groups in total. The SMILES string of the molecule is CCCc1cc(C(=O)N(CC)Cc2cccs2)cc(Cl)n1. The highest BCUT2D eigenvalue weighted by Gasteiger charge is 2.16. The first-order chi connectivity index (χ1) is 10.1. The van der Waals surface area contributed by atoms with E-state index < -0.39 is 0 Å². The van der Waals surface area contributed by atoms with Crippen molar-refractivity contribution in [2.45, 2.75) is 33.2 Å². The van der Waals surface area contributed by atoms with Gasteiger partial charge >= 0.3 is 0 Å². The Morgan fingerprint density at radius 3 is 2.81 bits per heavy atom. The van der Waals surface area contributed by atoms with Crippen LogP contribution in [0.5, 0.6) is 0 Å². The van der Waals surface area contributed by atoms with Gasteiger partial charge in [0.1, 0.15) is 5.15 Å². The fourth-order valence-electron chi connectivity index (χ4n) is 2.16. The molecule has 0 fully saturated rings. The summed E-state index contributed by atoms with van der Waals surface area (Å²) in [5.74, 6) is 0.00699. The van der Waals surface area contributed by atoms with Crippen LogP contribution in [0.25, 0.3) is 0 Å².